The summed E-state index contributed by atoms with van der Waals surface area (Å²) in [5.41, 5.74) is 1.72. The molecule has 0 spiro atoms. The molecule has 1 amide bonds. The van der Waals surface area contributed by atoms with Gasteiger partial charge >= 0.3 is 0 Å². The Kier molecular flexibility index (Phi) is 6.09. The van der Waals surface area contributed by atoms with Gasteiger partial charge in [-0.1, -0.05) is 19.9 Å². The zero-order chi connectivity index (χ0) is 23.0. The van der Waals surface area contributed by atoms with Crippen LogP contribution in [-0.2, 0) is 21.2 Å². The van der Waals surface area contributed by atoms with Crippen LogP contribution >= 0.6 is 0 Å². The quantitative estimate of drug-likeness (QED) is 0.735. The molecule has 32 heavy (non-hydrogen) atoms. The highest BCUT2D eigenvalue weighted by molar-refractivity contribution is 7.89. The van der Waals surface area contributed by atoms with Gasteiger partial charge in [-0.2, -0.15) is 14.1 Å². The Morgan fingerprint density at radius 3 is 2.56 bits per heavy atom. The normalized spacial score (nSPS) is 18.2. The third-order valence-corrected chi connectivity index (χ3v) is 8.09. The lowest BCUT2D eigenvalue weighted by Crippen LogP contribution is -2.38. The van der Waals surface area contributed by atoms with Crippen molar-refractivity contribution in [2.45, 2.75) is 50.8 Å². The molecule has 10 heteroatoms. The average molecular weight is 461 g/mol. The fraction of sp³-hybridized carbons (Fsp3) is 0.500. The minimum atomic E-state index is -3.78. The fourth-order valence-corrected chi connectivity index (χ4v) is 5.88. The average Bonchev–Trinajstić information content (AvgIpc) is 3.08. The van der Waals surface area contributed by atoms with E-state index in [0.29, 0.717) is 42.2 Å². The molecule has 172 valence electrons. The first-order chi connectivity index (χ1) is 15.3. The summed E-state index contributed by atoms with van der Waals surface area (Å²) in [6.45, 7) is 4.95. The van der Waals surface area contributed by atoms with Crippen LogP contribution in [0, 0.1) is 5.92 Å². The number of piperidine rings is 1. The summed E-state index contributed by atoms with van der Waals surface area (Å²) in [4.78, 5) is 24.8. The van der Waals surface area contributed by atoms with Gasteiger partial charge < -0.3 is 10.1 Å². The minimum absolute atomic E-state index is 0.0682. The number of fused-ring (bicyclic) bond motifs is 1. The number of anilines is 1. The molecule has 1 fully saturated rings. The molecule has 0 bridgehead atoms. The Hall–Kier alpha value is -2.72. The van der Waals surface area contributed by atoms with E-state index in [1.807, 2.05) is 6.92 Å². The Bertz CT molecular complexity index is 1160. The van der Waals surface area contributed by atoms with Gasteiger partial charge in [0.1, 0.15) is 16.5 Å². The summed E-state index contributed by atoms with van der Waals surface area (Å²) in [5.74, 6) is 0.483. The number of nitrogens with zero attached hydrogens (tertiary/aromatic N) is 3. The van der Waals surface area contributed by atoms with Crippen LogP contribution in [0.5, 0.6) is 5.75 Å². The smallest absolute Gasteiger partial charge is 0.249 e. The zero-order valence-corrected chi connectivity index (χ0v) is 19.4. The van der Waals surface area contributed by atoms with Gasteiger partial charge in [0.25, 0.3) is 0 Å². The number of hydrogen-bond donors (Lipinski definition) is 1. The first-order valence-electron chi connectivity index (χ1n) is 10.9. The summed E-state index contributed by atoms with van der Waals surface area (Å²) >= 11 is 0. The topological polar surface area (TPSA) is 111 Å². The van der Waals surface area contributed by atoms with Gasteiger partial charge in [0.05, 0.1) is 12.8 Å². The van der Waals surface area contributed by atoms with Crippen molar-refractivity contribution in [2.75, 3.05) is 25.5 Å². The molecule has 0 atom stereocenters. The number of benzene rings is 1. The number of sulfonamides is 1. The summed E-state index contributed by atoms with van der Waals surface area (Å²) in [6.07, 6.45) is 2.28. The first-order valence-corrected chi connectivity index (χ1v) is 12.3. The lowest BCUT2D eigenvalue weighted by molar-refractivity contribution is -0.116. The number of carbonyl (C=O) groups excluding carboxylic acids is 2. The van der Waals surface area contributed by atoms with Gasteiger partial charge in [0.15, 0.2) is 0 Å². The van der Waals surface area contributed by atoms with Gasteiger partial charge in [0, 0.05) is 31.5 Å². The Morgan fingerprint density at radius 1 is 1.19 bits per heavy atom. The monoisotopic (exact) mass is 460 g/mol. The molecule has 0 saturated carbocycles. The second kappa shape index (κ2) is 8.67. The molecule has 9 nitrogen and oxygen atoms in total. The van der Waals surface area contributed by atoms with E-state index >= 15 is 0 Å². The summed E-state index contributed by atoms with van der Waals surface area (Å²) in [5, 5.41) is 7.19. The van der Waals surface area contributed by atoms with E-state index in [0.717, 1.165) is 12.8 Å². The highest BCUT2D eigenvalue weighted by atomic mass is 32.2. The van der Waals surface area contributed by atoms with Crippen LogP contribution in [0.2, 0.25) is 0 Å². The molecule has 1 aromatic carbocycles. The maximum absolute atomic E-state index is 13.5. The van der Waals surface area contributed by atoms with E-state index < -0.39 is 10.0 Å². The van der Waals surface area contributed by atoms with Crippen LogP contribution in [0.1, 0.15) is 50.0 Å². The van der Waals surface area contributed by atoms with Crippen LogP contribution in [0.15, 0.2) is 23.1 Å². The van der Waals surface area contributed by atoms with Crippen LogP contribution < -0.4 is 10.1 Å². The number of methoxy groups -OCH3 is 1. The van der Waals surface area contributed by atoms with Gasteiger partial charge in [-0.25, -0.2) is 8.42 Å². The fourth-order valence-electron chi connectivity index (χ4n) is 4.23. The van der Waals surface area contributed by atoms with Crippen molar-refractivity contribution in [3.05, 3.63) is 23.9 Å². The van der Waals surface area contributed by atoms with Crippen molar-refractivity contribution in [1.82, 2.24) is 14.1 Å². The molecule has 0 radical (unpaired) electrons. The van der Waals surface area contributed by atoms with Crippen molar-refractivity contribution in [3.8, 4) is 16.9 Å². The predicted molar refractivity (Wildman–Crippen MR) is 119 cm³/mol. The largest absolute Gasteiger partial charge is 0.495 e. The Morgan fingerprint density at radius 2 is 1.91 bits per heavy atom. The van der Waals surface area contributed by atoms with Crippen molar-refractivity contribution in [1.29, 1.82) is 0 Å². The summed E-state index contributed by atoms with van der Waals surface area (Å²) in [6, 6.07) is 4.90. The van der Waals surface area contributed by atoms with E-state index in [1.165, 1.54) is 16.1 Å². The highest BCUT2D eigenvalue weighted by Gasteiger charge is 2.32. The van der Waals surface area contributed by atoms with Crippen LogP contribution in [0.4, 0.5) is 5.82 Å². The van der Waals surface area contributed by atoms with E-state index in [2.05, 4.69) is 17.3 Å². The van der Waals surface area contributed by atoms with E-state index in [1.54, 1.807) is 18.2 Å². The first kappa shape index (κ1) is 22.5. The van der Waals surface area contributed by atoms with Gasteiger partial charge in [-0.15, -0.1) is 0 Å². The number of aryl methyl sites for hydroxylation is 1. The van der Waals surface area contributed by atoms with Gasteiger partial charge in [-0.05, 0) is 42.9 Å². The molecule has 2 aliphatic rings. The molecular weight excluding hydrogens is 432 g/mol. The number of amides is 1. The molecule has 2 aromatic rings. The lowest BCUT2D eigenvalue weighted by atomic mass is 10.0. The molecule has 1 saturated heterocycles. The van der Waals surface area contributed by atoms with Crippen molar-refractivity contribution >= 4 is 27.7 Å². The number of nitrogens with one attached hydrogen (secondary N) is 1. The minimum Gasteiger partial charge on any atom is -0.495 e. The predicted octanol–water partition coefficient (Wildman–Crippen LogP) is 2.91. The zero-order valence-electron chi connectivity index (χ0n) is 18.6. The maximum Gasteiger partial charge on any atom is 0.249 e. The molecule has 2 aliphatic heterocycles. The molecule has 0 unspecified atom stereocenters. The standard InChI is InChI=1S/C22H28N4O5S/c1-4-16-21(22-23-19(27)7-8-20(28)26(22)24-16)15-5-6-17(31-3)18(13-15)32(29,30)25-11-9-14(2)10-12-25/h5-6,13-14H,4,7-12H2,1-3H3,(H,23,27). The third kappa shape index (κ3) is 3.93. The summed E-state index contributed by atoms with van der Waals surface area (Å²) in [7, 11) is -2.35. The van der Waals surface area contributed by atoms with E-state index in [4.69, 9.17) is 4.74 Å². The number of rotatable bonds is 5. The van der Waals surface area contributed by atoms with E-state index in [9.17, 15) is 18.0 Å². The number of aromatic nitrogens is 2. The SMILES string of the molecule is CCc1nn2c(c1-c1ccc(OC)c(S(=O)(=O)N3CCC(C)CC3)c1)NC(=O)CCC2=O. The number of ether oxygens (including phenoxy) is 1. The van der Waals surface area contributed by atoms with Crippen molar-refractivity contribution in [3.63, 3.8) is 0 Å². The maximum atomic E-state index is 13.5. The van der Waals surface area contributed by atoms with Crippen molar-refractivity contribution < 1.29 is 22.7 Å². The van der Waals surface area contributed by atoms with E-state index in [-0.39, 0.29) is 41.1 Å². The second-order valence-electron chi connectivity index (χ2n) is 8.33. The Balaban J connectivity index is 1.85. The van der Waals surface area contributed by atoms with Crippen LogP contribution in [-0.4, -0.2) is 54.5 Å². The summed E-state index contributed by atoms with van der Waals surface area (Å²) < 4.78 is 35.1. The number of hydrogen-bond acceptors (Lipinski definition) is 6. The second-order valence-corrected chi connectivity index (χ2v) is 10.2. The molecule has 1 aromatic heterocycles. The van der Waals surface area contributed by atoms with Crippen molar-refractivity contribution in [2.24, 2.45) is 5.92 Å². The molecule has 1 N–H and O–H groups in total. The Labute approximate surface area is 187 Å². The highest BCUT2D eigenvalue weighted by Crippen LogP contribution is 2.38. The molecular formula is C22H28N4O5S. The van der Waals surface area contributed by atoms with Gasteiger partial charge in [-0.3, -0.25) is 9.59 Å². The third-order valence-electron chi connectivity index (χ3n) is 6.17. The molecule has 3 heterocycles. The molecule has 4 rings (SSSR count). The lowest BCUT2D eigenvalue weighted by Gasteiger charge is -2.30. The number of carbonyl (C=O) groups is 2. The van der Waals surface area contributed by atoms with Crippen LogP contribution in [0.25, 0.3) is 11.1 Å². The molecule has 0 aliphatic carbocycles. The van der Waals surface area contributed by atoms with Gasteiger partial charge in [0.2, 0.25) is 21.8 Å². The van der Waals surface area contributed by atoms with Crippen LogP contribution in [0.3, 0.4) is 0 Å².